The van der Waals surface area contributed by atoms with Crippen molar-refractivity contribution in [3.63, 3.8) is 0 Å². The topological polar surface area (TPSA) is 69.4 Å². The zero-order chi connectivity index (χ0) is 13.6. The predicted molar refractivity (Wildman–Crippen MR) is 73.6 cm³/mol. The Kier molecular flexibility index (Phi) is 5.37. The van der Waals surface area contributed by atoms with Crippen molar-refractivity contribution in [2.75, 3.05) is 6.61 Å². The molecule has 0 fully saturated rings. The monoisotopic (exact) mass is 269 g/mol. The highest BCUT2D eigenvalue weighted by atomic mass is 32.2. The molecule has 5 heteroatoms. The number of unbranched alkanes of at least 4 members (excludes halogenated alkanes) is 1. The van der Waals surface area contributed by atoms with E-state index in [0.29, 0.717) is 12.2 Å². The number of benzene rings is 1. The number of ether oxygens (including phenoxy) is 1. The summed E-state index contributed by atoms with van der Waals surface area (Å²) in [6, 6.07) is 7.29. The van der Waals surface area contributed by atoms with Crippen LogP contribution in [0.25, 0.3) is 5.57 Å². The van der Waals surface area contributed by atoms with E-state index in [4.69, 9.17) is 9.88 Å². The molecule has 0 aromatic heterocycles. The van der Waals surface area contributed by atoms with Gasteiger partial charge in [-0.3, -0.25) is 0 Å². The minimum absolute atomic E-state index is 0.609. The van der Waals surface area contributed by atoms with Gasteiger partial charge in [-0.15, -0.1) is 0 Å². The van der Waals surface area contributed by atoms with E-state index in [1.165, 1.54) is 0 Å². The lowest BCUT2D eigenvalue weighted by atomic mass is 10.1. The number of allylic oxidation sites excluding steroid dienone is 1. The molecule has 1 rings (SSSR count). The van der Waals surface area contributed by atoms with Crippen LogP contribution in [-0.4, -0.2) is 15.0 Å². The highest BCUT2D eigenvalue weighted by molar-refractivity contribution is 7.92. The summed E-state index contributed by atoms with van der Waals surface area (Å²) in [7, 11) is -3.59. The molecular weight excluding hydrogens is 250 g/mol. The molecule has 1 aromatic carbocycles. The largest absolute Gasteiger partial charge is 0.494 e. The molecule has 18 heavy (non-hydrogen) atoms. The second kappa shape index (κ2) is 6.56. The molecule has 100 valence electrons. The van der Waals surface area contributed by atoms with Crippen molar-refractivity contribution in [2.45, 2.75) is 26.7 Å². The molecule has 0 radical (unpaired) electrons. The van der Waals surface area contributed by atoms with E-state index in [2.05, 4.69) is 6.92 Å². The maximum absolute atomic E-state index is 10.9. The van der Waals surface area contributed by atoms with E-state index in [9.17, 15) is 8.42 Å². The van der Waals surface area contributed by atoms with Gasteiger partial charge in [0.25, 0.3) is 0 Å². The van der Waals surface area contributed by atoms with Gasteiger partial charge >= 0.3 is 0 Å². The number of hydrogen-bond acceptors (Lipinski definition) is 3. The minimum atomic E-state index is -3.59. The van der Waals surface area contributed by atoms with E-state index in [1.807, 2.05) is 24.3 Å². The summed E-state index contributed by atoms with van der Waals surface area (Å²) >= 11 is 0. The smallest absolute Gasteiger partial charge is 0.231 e. The van der Waals surface area contributed by atoms with Crippen LogP contribution in [0.5, 0.6) is 5.75 Å². The van der Waals surface area contributed by atoms with Crippen LogP contribution in [0.1, 0.15) is 32.3 Å². The summed E-state index contributed by atoms with van der Waals surface area (Å²) in [5.74, 6) is 0.788. The molecule has 0 unspecified atom stereocenters. The summed E-state index contributed by atoms with van der Waals surface area (Å²) in [6.45, 7) is 4.51. The molecule has 0 bridgehead atoms. The Morgan fingerprint density at radius 3 is 2.44 bits per heavy atom. The quantitative estimate of drug-likeness (QED) is 0.807. The second-order valence-corrected chi connectivity index (χ2v) is 5.53. The van der Waals surface area contributed by atoms with Gasteiger partial charge in [-0.1, -0.05) is 25.5 Å². The zero-order valence-corrected chi connectivity index (χ0v) is 11.5. The molecule has 0 amide bonds. The van der Waals surface area contributed by atoms with E-state index in [1.54, 1.807) is 6.92 Å². The van der Waals surface area contributed by atoms with E-state index in [0.717, 1.165) is 29.6 Å². The Bertz CT molecular complexity index is 504. The van der Waals surface area contributed by atoms with Crippen molar-refractivity contribution in [1.82, 2.24) is 0 Å². The fourth-order valence-corrected chi connectivity index (χ4v) is 2.09. The number of rotatable bonds is 6. The van der Waals surface area contributed by atoms with Crippen molar-refractivity contribution in [2.24, 2.45) is 5.14 Å². The van der Waals surface area contributed by atoms with Gasteiger partial charge < -0.3 is 4.74 Å². The standard InChI is InChI=1S/C13H19NO3S/c1-3-4-9-17-13-7-5-12(6-8-13)11(2)10-18(14,15)16/h5-8,10H,3-4,9H2,1-2H3,(H2,14,15,16)/b11-10+. The van der Waals surface area contributed by atoms with Crippen LogP contribution >= 0.6 is 0 Å². The van der Waals surface area contributed by atoms with E-state index < -0.39 is 10.0 Å². The van der Waals surface area contributed by atoms with Gasteiger partial charge in [0.2, 0.25) is 10.0 Å². The SMILES string of the molecule is CCCCOc1ccc(/C(C)=C/S(N)(=O)=O)cc1. The molecule has 4 nitrogen and oxygen atoms in total. The number of hydrogen-bond donors (Lipinski definition) is 1. The molecule has 1 aromatic rings. The van der Waals surface area contributed by atoms with Gasteiger partial charge in [-0.25, -0.2) is 13.6 Å². The Labute approximate surface area is 109 Å². The van der Waals surface area contributed by atoms with E-state index in [-0.39, 0.29) is 0 Å². The third kappa shape index (κ3) is 5.33. The molecule has 2 N–H and O–H groups in total. The van der Waals surface area contributed by atoms with Crippen molar-refractivity contribution >= 4 is 15.6 Å². The van der Waals surface area contributed by atoms with E-state index >= 15 is 0 Å². The third-order valence-corrected chi connectivity index (χ3v) is 3.10. The molecule has 0 spiro atoms. The first kappa shape index (κ1) is 14.7. The molecule has 0 atom stereocenters. The fraction of sp³-hybridized carbons (Fsp3) is 0.385. The molecule has 0 saturated heterocycles. The molecule has 0 aliphatic heterocycles. The van der Waals surface area contributed by atoms with Crippen LogP contribution in [0.2, 0.25) is 0 Å². The average molecular weight is 269 g/mol. The first-order valence-corrected chi connectivity index (χ1v) is 7.47. The highest BCUT2D eigenvalue weighted by Gasteiger charge is 2.02. The van der Waals surface area contributed by atoms with Gasteiger partial charge in [-0.05, 0) is 36.6 Å². The van der Waals surface area contributed by atoms with Crippen molar-refractivity contribution < 1.29 is 13.2 Å². The molecule has 0 aliphatic rings. The Hall–Kier alpha value is -1.33. The maximum Gasteiger partial charge on any atom is 0.231 e. The van der Waals surface area contributed by atoms with Crippen LogP contribution in [0.3, 0.4) is 0 Å². The fourth-order valence-electron chi connectivity index (χ4n) is 1.46. The maximum atomic E-state index is 10.9. The second-order valence-electron chi connectivity index (χ2n) is 4.12. The van der Waals surface area contributed by atoms with Crippen molar-refractivity contribution in [3.05, 3.63) is 35.2 Å². The lowest BCUT2D eigenvalue weighted by Gasteiger charge is -2.06. The van der Waals surface area contributed by atoms with Gasteiger partial charge in [0.05, 0.1) is 6.61 Å². The molecule has 0 heterocycles. The zero-order valence-electron chi connectivity index (χ0n) is 10.7. The van der Waals surface area contributed by atoms with Crippen molar-refractivity contribution in [3.8, 4) is 5.75 Å². The molecule has 0 aliphatic carbocycles. The molecular formula is C13H19NO3S. The van der Waals surface area contributed by atoms with Crippen LogP contribution < -0.4 is 9.88 Å². The Morgan fingerprint density at radius 1 is 1.33 bits per heavy atom. The van der Waals surface area contributed by atoms with Gasteiger partial charge in [0.1, 0.15) is 5.75 Å². The van der Waals surface area contributed by atoms with Crippen LogP contribution in [0.15, 0.2) is 29.7 Å². The predicted octanol–water partition coefficient (Wildman–Crippen LogP) is 2.51. The number of primary sulfonamides is 1. The van der Waals surface area contributed by atoms with Crippen molar-refractivity contribution in [1.29, 1.82) is 0 Å². The number of nitrogens with two attached hydrogens (primary N) is 1. The first-order chi connectivity index (χ1) is 8.42. The first-order valence-electron chi connectivity index (χ1n) is 5.86. The molecule has 0 saturated carbocycles. The number of sulfonamides is 1. The van der Waals surface area contributed by atoms with Crippen LogP contribution in [-0.2, 0) is 10.0 Å². The van der Waals surface area contributed by atoms with Gasteiger partial charge in [-0.2, -0.15) is 0 Å². The third-order valence-electron chi connectivity index (χ3n) is 2.42. The minimum Gasteiger partial charge on any atom is -0.494 e. The van der Waals surface area contributed by atoms with Gasteiger partial charge in [0.15, 0.2) is 0 Å². The lowest BCUT2D eigenvalue weighted by molar-refractivity contribution is 0.309. The summed E-state index contributed by atoms with van der Waals surface area (Å²) in [5.41, 5.74) is 1.42. The van der Waals surface area contributed by atoms with Crippen LogP contribution in [0.4, 0.5) is 0 Å². The Balaban J connectivity index is 2.74. The lowest BCUT2D eigenvalue weighted by Crippen LogP contribution is -2.07. The average Bonchev–Trinajstić information content (AvgIpc) is 2.28. The highest BCUT2D eigenvalue weighted by Crippen LogP contribution is 2.19. The normalized spacial score (nSPS) is 12.5. The summed E-state index contributed by atoms with van der Waals surface area (Å²) in [4.78, 5) is 0. The summed E-state index contributed by atoms with van der Waals surface area (Å²) in [6.07, 6.45) is 2.11. The Morgan fingerprint density at radius 2 is 1.94 bits per heavy atom. The van der Waals surface area contributed by atoms with Crippen LogP contribution in [0, 0.1) is 0 Å². The summed E-state index contributed by atoms with van der Waals surface area (Å²) in [5, 5.41) is 6.01. The summed E-state index contributed by atoms with van der Waals surface area (Å²) < 4.78 is 27.4. The van der Waals surface area contributed by atoms with Gasteiger partial charge in [0, 0.05) is 5.41 Å².